The van der Waals surface area contributed by atoms with Crippen LogP contribution in [0.3, 0.4) is 0 Å². The molecule has 3 aromatic rings. The maximum absolute atomic E-state index is 4.58. The first-order valence-corrected chi connectivity index (χ1v) is 7.72. The molecule has 3 rings (SSSR count). The average Bonchev–Trinajstić information content (AvgIpc) is 2.89. The largest absolute Gasteiger partial charge is 0.369 e. The Morgan fingerprint density at radius 2 is 1.95 bits per heavy atom. The van der Waals surface area contributed by atoms with Crippen molar-refractivity contribution < 1.29 is 0 Å². The molecule has 0 fully saturated rings. The lowest BCUT2D eigenvalue weighted by Gasteiger charge is -2.08. The molecule has 3 nitrogen and oxygen atoms in total. The van der Waals surface area contributed by atoms with Crippen LogP contribution in [0.25, 0.3) is 21.3 Å². The Balaban J connectivity index is 2.19. The maximum Gasteiger partial charge on any atom is 0.139 e. The van der Waals surface area contributed by atoms with Gasteiger partial charge in [0, 0.05) is 17.5 Å². The highest BCUT2D eigenvalue weighted by atomic mass is 32.1. The Morgan fingerprint density at radius 3 is 2.70 bits per heavy atom. The second kappa shape index (κ2) is 5.59. The molecule has 0 unspecified atom stereocenters. The molecule has 0 saturated carbocycles. The van der Waals surface area contributed by atoms with Crippen molar-refractivity contribution in [3.63, 3.8) is 0 Å². The molecule has 0 amide bonds. The van der Waals surface area contributed by atoms with Gasteiger partial charge in [-0.1, -0.05) is 37.3 Å². The second-order valence-corrected chi connectivity index (χ2v) is 5.60. The van der Waals surface area contributed by atoms with Gasteiger partial charge in [-0.3, -0.25) is 0 Å². The van der Waals surface area contributed by atoms with Crippen LogP contribution in [0.4, 0.5) is 5.82 Å². The molecule has 0 aliphatic rings. The van der Waals surface area contributed by atoms with Crippen LogP contribution in [0, 0.1) is 6.92 Å². The SMILES string of the molecule is CCCNc1nc(C)nc2scc(-c3ccccc3)c12. The number of nitrogens with zero attached hydrogens (tertiary/aromatic N) is 2. The number of hydrogen-bond donors (Lipinski definition) is 1. The van der Waals surface area contributed by atoms with Gasteiger partial charge in [-0.05, 0) is 18.9 Å². The molecular formula is C16H17N3S. The average molecular weight is 283 g/mol. The quantitative estimate of drug-likeness (QED) is 0.766. The highest BCUT2D eigenvalue weighted by molar-refractivity contribution is 7.17. The predicted molar refractivity (Wildman–Crippen MR) is 86.4 cm³/mol. The fourth-order valence-corrected chi connectivity index (χ4v) is 3.24. The zero-order chi connectivity index (χ0) is 13.9. The lowest BCUT2D eigenvalue weighted by Crippen LogP contribution is -2.04. The number of benzene rings is 1. The lowest BCUT2D eigenvalue weighted by molar-refractivity contribution is 0.963. The van der Waals surface area contributed by atoms with Crippen LogP contribution < -0.4 is 5.32 Å². The minimum Gasteiger partial charge on any atom is -0.369 e. The van der Waals surface area contributed by atoms with Crippen LogP contribution in [0.15, 0.2) is 35.7 Å². The standard InChI is InChI=1S/C16H17N3S/c1-3-9-17-15-14-13(12-7-5-4-6-8-12)10-20-16(14)19-11(2)18-15/h4-8,10H,3,9H2,1-2H3,(H,17,18,19). The molecule has 0 spiro atoms. The Hall–Kier alpha value is -1.94. The minimum atomic E-state index is 0.817. The summed E-state index contributed by atoms with van der Waals surface area (Å²) in [6.07, 6.45) is 1.08. The third kappa shape index (κ3) is 2.39. The van der Waals surface area contributed by atoms with Crippen molar-refractivity contribution in [2.24, 2.45) is 0 Å². The maximum atomic E-state index is 4.58. The third-order valence-electron chi connectivity index (χ3n) is 3.17. The van der Waals surface area contributed by atoms with Crippen molar-refractivity contribution >= 4 is 27.4 Å². The molecule has 0 aliphatic carbocycles. The number of aryl methyl sites for hydroxylation is 1. The number of nitrogens with one attached hydrogen (secondary N) is 1. The monoisotopic (exact) mass is 283 g/mol. The van der Waals surface area contributed by atoms with Gasteiger partial charge in [0.15, 0.2) is 0 Å². The molecule has 0 bridgehead atoms. The third-order valence-corrected chi connectivity index (χ3v) is 4.04. The molecule has 0 radical (unpaired) electrons. The van der Waals surface area contributed by atoms with E-state index in [-0.39, 0.29) is 0 Å². The first-order valence-electron chi connectivity index (χ1n) is 6.84. The van der Waals surface area contributed by atoms with Gasteiger partial charge in [0.25, 0.3) is 0 Å². The molecular weight excluding hydrogens is 266 g/mol. The minimum absolute atomic E-state index is 0.817. The van der Waals surface area contributed by atoms with Gasteiger partial charge < -0.3 is 5.32 Å². The predicted octanol–water partition coefficient (Wildman–Crippen LogP) is 4.49. The summed E-state index contributed by atoms with van der Waals surface area (Å²) in [5, 5.41) is 6.74. The van der Waals surface area contributed by atoms with Crippen LogP contribution in [0.5, 0.6) is 0 Å². The number of aromatic nitrogens is 2. The summed E-state index contributed by atoms with van der Waals surface area (Å²) in [5.41, 5.74) is 2.43. The number of hydrogen-bond acceptors (Lipinski definition) is 4. The molecule has 0 saturated heterocycles. The van der Waals surface area contributed by atoms with Gasteiger partial charge in [-0.15, -0.1) is 11.3 Å². The Morgan fingerprint density at radius 1 is 1.15 bits per heavy atom. The van der Waals surface area contributed by atoms with E-state index in [4.69, 9.17) is 0 Å². The Bertz CT molecular complexity index is 719. The fourth-order valence-electron chi connectivity index (χ4n) is 2.25. The summed E-state index contributed by atoms with van der Waals surface area (Å²) in [4.78, 5) is 10.2. The van der Waals surface area contributed by atoms with E-state index in [0.29, 0.717) is 0 Å². The molecule has 102 valence electrons. The summed E-state index contributed by atoms with van der Waals surface area (Å²) in [6, 6.07) is 10.4. The number of anilines is 1. The highest BCUT2D eigenvalue weighted by Gasteiger charge is 2.13. The van der Waals surface area contributed by atoms with Crippen molar-refractivity contribution in [1.82, 2.24) is 9.97 Å². The van der Waals surface area contributed by atoms with Crippen molar-refractivity contribution in [1.29, 1.82) is 0 Å². The zero-order valence-corrected chi connectivity index (χ0v) is 12.5. The molecule has 20 heavy (non-hydrogen) atoms. The van der Waals surface area contributed by atoms with Gasteiger partial charge in [-0.25, -0.2) is 9.97 Å². The van der Waals surface area contributed by atoms with Crippen molar-refractivity contribution in [2.45, 2.75) is 20.3 Å². The van der Waals surface area contributed by atoms with Gasteiger partial charge in [0.05, 0.1) is 5.39 Å². The molecule has 2 heterocycles. The van der Waals surface area contributed by atoms with Crippen molar-refractivity contribution in [3.05, 3.63) is 41.5 Å². The van der Waals surface area contributed by atoms with Gasteiger partial charge in [0.2, 0.25) is 0 Å². The van der Waals surface area contributed by atoms with Crippen LogP contribution in [0.2, 0.25) is 0 Å². The van der Waals surface area contributed by atoms with E-state index in [1.165, 1.54) is 11.1 Å². The first kappa shape index (κ1) is 13.1. The summed E-state index contributed by atoms with van der Waals surface area (Å²) in [5.74, 6) is 1.77. The van der Waals surface area contributed by atoms with E-state index in [1.807, 2.05) is 13.0 Å². The highest BCUT2D eigenvalue weighted by Crippen LogP contribution is 2.36. The summed E-state index contributed by atoms with van der Waals surface area (Å²) in [6.45, 7) is 5.03. The second-order valence-electron chi connectivity index (χ2n) is 4.74. The number of fused-ring (bicyclic) bond motifs is 1. The molecule has 4 heteroatoms. The van der Waals surface area contributed by atoms with E-state index in [9.17, 15) is 0 Å². The fraction of sp³-hybridized carbons (Fsp3) is 0.250. The van der Waals surface area contributed by atoms with E-state index in [1.54, 1.807) is 11.3 Å². The van der Waals surface area contributed by atoms with E-state index < -0.39 is 0 Å². The van der Waals surface area contributed by atoms with Gasteiger partial charge in [0.1, 0.15) is 16.5 Å². The van der Waals surface area contributed by atoms with E-state index >= 15 is 0 Å². The smallest absolute Gasteiger partial charge is 0.139 e. The summed E-state index contributed by atoms with van der Waals surface area (Å²) >= 11 is 1.68. The van der Waals surface area contributed by atoms with E-state index in [2.05, 4.69) is 51.9 Å². The topological polar surface area (TPSA) is 37.8 Å². The van der Waals surface area contributed by atoms with Gasteiger partial charge in [-0.2, -0.15) is 0 Å². The molecule has 0 aliphatic heterocycles. The number of thiophene rings is 1. The van der Waals surface area contributed by atoms with E-state index in [0.717, 1.165) is 34.8 Å². The lowest BCUT2D eigenvalue weighted by atomic mass is 10.1. The van der Waals surface area contributed by atoms with Gasteiger partial charge >= 0.3 is 0 Å². The van der Waals surface area contributed by atoms with Crippen molar-refractivity contribution in [3.8, 4) is 11.1 Å². The Kier molecular flexibility index (Phi) is 3.65. The molecule has 0 atom stereocenters. The molecule has 1 N–H and O–H groups in total. The summed E-state index contributed by atoms with van der Waals surface area (Å²) in [7, 11) is 0. The van der Waals surface area contributed by atoms with Crippen LogP contribution in [-0.2, 0) is 0 Å². The van der Waals surface area contributed by atoms with Crippen molar-refractivity contribution in [2.75, 3.05) is 11.9 Å². The Labute approximate surface area is 122 Å². The zero-order valence-electron chi connectivity index (χ0n) is 11.7. The summed E-state index contributed by atoms with van der Waals surface area (Å²) < 4.78 is 0. The van der Waals surface area contributed by atoms with Crippen LogP contribution in [0.1, 0.15) is 19.2 Å². The van der Waals surface area contributed by atoms with Crippen LogP contribution in [-0.4, -0.2) is 16.5 Å². The van der Waals surface area contributed by atoms with Crippen LogP contribution >= 0.6 is 11.3 Å². The molecule has 1 aromatic carbocycles. The molecule has 2 aromatic heterocycles. The number of rotatable bonds is 4. The normalized spacial score (nSPS) is 10.9. The first-order chi connectivity index (χ1) is 9.79.